The van der Waals surface area contributed by atoms with Gasteiger partial charge in [0.25, 0.3) is 0 Å². The van der Waals surface area contributed by atoms with Crippen LogP contribution in [0.4, 0.5) is 0 Å². The van der Waals surface area contributed by atoms with Crippen molar-refractivity contribution in [2.24, 2.45) is 5.73 Å². The van der Waals surface area contributed by atoms with Gasteiger partial charge in [0, 0.05) is 18.0 Å². The summed E-state index contributed by atoms with van der Waals surface area (Å²) in [6.07, 6.45) is 0.438. The van der Waals surface area contributed by atoms with Crippen molar-refractivity contribution in [2.45, 2.75) is 38.6 Å². The van der Waals surface area contributed by atoms with Crippen molar-refractivity contribution >= 4 is 21.9 Å². The Bertz CT molecular complexity index is 460. The van der Waals surface area contributed by atoms with Gasteiger partial charge in [-0.1, -0.05) is 19.9 Å². The second-order valence-electron chi connectivity index (χ2n) is 4.82. The van der Waals surface area contributed by atoms with Crippen molar-refractivity contribution in [3.05, 3.63) is 27.7 Å². The van der Waals surface area contributed by atoms with E-state index in [9.17, 15) is 4.79 Å². The van der Waals surface area contributed by atoms with Crippen molar-refractivity contribution in [2.75, 3.05) is 7.11 Å². The first-order chi connectivity index (χ1) is 8.86. The Kier molecular flexibility index (Phi) is 5.82. The third-order valence-corrected chi connectivity index (χ3v) is 3.62. The van der Waals surface area contributed by atoms with Gasteiger partial charge in [0.05, 0.1) is 11.6 Å². The van der Waals surface area contributed by atoms with Gasteiger partial charge in [-0.25, -0.2) is 0 Å². The Morgan fingerprint density at radius 3 is 2.58 bits per heavy atom. The monoisotopic (exact) mass is 329 g/mol. The molecule has 0 aromatic heterocycles. The molecule has 0 saturated carbocycles. The maximum Gasteiger partial charge on any atom is 0.303 e. The van der Waals surface area contributed by atoms with E-state index in [0.29, 0.717) is 18.1 Å². The fourth-order valence-corrected chi connectivity index (χ4v) is 2.55. The molecule has 1 atom stereocenters. The first-order valence-corrected chi connectivity index (χ1v) is 7.00. The number of nitrogens with two attached hydrogens (primary N) is 1. The van der Waals surface area contributed by atoms with Crippen LogP contribution < -0.4 is 10.5 Å². The molecular weight excluding hydrogens is 310 g/mol. The molecule has 0 heterocycles. The molecule has 0 fully saturated rings. The Hall–Kier alpha value is -1.07. The van der Waals surface area contributed by atoms with Gasteiger partial charge in [-0.3, -0.25) is 4.79 Å². The fourth-order valence-electron chi connectivity index (χ4n) is 1.90. The number of carboxylic acids is 1. The number of aliphatic carboxylic acids is 1. The predicted octanol–water partition coefficient (Wildman–Crippen LogP) is 3.45. The number of benzene rings is 1. The molecule has 5 heteroatoms. The van der Waals surface area contributed by atoms with Crippen LogP contribution in [0.2, 0.25) is 0 Å². The van der Waals surface area contributed by atoms with Crippen LogP contribution in [0, 0.1) is 0 Å². The van der Waals surface area contributed by atoms with Gasteiger partial charge in [0.1, 0.15) is 5.75 Å². The molecule has 19 heavy (non-hydrogen) atoms. The Balaban J connectivity index is 3.11. The fraction of sp³-hybridized carbons (Fsp3) is 0.500. The molecule has 3 N–H and O–H groups in total. The standard InChI is InChI=1S/C14H20BrNO3/c1-8(2)9-6-10(12(16)4-5-13(17)18)14(19-3)11(15)7-9/h6-8,12H,4-5,16H2,1-3H3,(H,17,18). The van der Waals surface area contributed by atoms with Crippen LogP contribution in [0.25, 0.3) is 0 Å². The zero-order valence-corrected chi connectivity index (χ0v) is 13.0. The van der Waals surface area contributed by atoms with Gasteiger partial charge in [-0.15, -0.1) is 0 Å². The number of hydrogen-bond donors (Lipinski definition) is 2. The molecule has 0 aliphatic rings. The number of hydrogen-bond acceptors (Lipinski definition) is 3. The van der Waals surface area contributed by atoms with E-state index in [1.54, 1.807) is 7.11 Å². The van der Waals surface area contributed by atoms with Gasteiger partial charge in [-0.2, -0.15) is 0 Å². The lowest BCUT2D eigenvalue weighted by atomic mass is 9.95. The Labute approximate surface area is 122 Å². The van der Waals surface area contributed by atoms with Crippen molar-refractivity contribution in [1.29, 1.82) is 0 Å². The largest absolute Gasteiger partial charge is 0.495 e. The zero-order chi connectivity index (χ0) is 14.6. The summed E-state index contributed by atoms with van der Waals surface area (Å²) in [5, 5.41) is 8.74. The van der Waals surface area contributed by atoms with Crippen LogP contribution in [0.1, 0.15) is 49.8 Å². The van der Waals surface area contributed by atoms with E-state index in [2.05, 4.69) is 29.8 Å². The van der Waals surface area contributed by atoms with Gasteiger partial charge in [0.15, 0.2) is 0 Å². The van der Waals surface area contributed by atoms with E-state index in [0.717, 1.165) is 15.6 Å². The molecule has 0 aliphatic carbocycles. The maximum absolute atomic E-state index is 10.6. The first-order valence-electron chi connectivity index (χ1n) is 6.21. The summed E-state index contributed by atoms with van der Waals surface area (Å²) < 4.78 is 6.21. The molecule has 1 aromatic rings. The summed E-state index contributed by atoms with van der Waals surface area (Å²) in [6, 6.07) is 3.67. The van der Waals surface area contributed by atoms with E-state index >= 15 is 0 Å². The van der Waals surface area contributed by atoms with Crippen LogP contribution in [0.5, 0.6) is 5.75 Å². The second kappa shape index (κ2) is 6.91. The van der Waals surface area contributed by atoms with Crippen LogP contribution in [-0.4, -0.2) is 18.2 Å². The molecule has 1 aromatic carbocycles. The minimum absolute atomic E-state index is 0.0495. The maximum atomic E-state index is 10.6. The third-order valence-electron chi connectivity index (χ3n) is 3.03. The lowest BCUT2D eigenvalue weighted by Gasteiger charge is -2.19. The van der Waals surface area contributed by atoms with Crippen molar-refractivity contribution in [3.63, 3.8) is 0 Å². The van der Waals surface area contributed by atoms with Crippen molar-refractivity contribution < 1.29 is 14.6 Å². The third kappa shape index (κ3) is 4.21. The second-order valence-corrected chi connectivity index (χ2v) is 5.67. The zero-order valence-electron chi connectivity index (χ0n) is 11.4. The average molecular weight is 330 g/mol. The highest BCUT2D eigenvalue weighted by Gasteiger charge is 2.18. The number of carboxylic acid groups (broad SMARTS) is 1. The summed E-state index contributed by atoms with van der Waals surface area (Å²) in [7, 11) is 1.59. The van der Waals surface area contributed by atoms with Gasteiger partial charge in [0.2, 0.25) is 0 Å². The quantitative estimate of drug-likeness (QED) is 0.838. The van der Waals surface area contributed by atoms with E-state index in [4.69, 9.17) is 15.6 Å². The minimum Gasteiger partial charge on any atom is -0.495 e. The van der Waals surface area contributed by atoms with E-state index < -0.39 is 5.97 Å². The number of methoxy groups -OCH3 is 1. The predicted molar refractivity (Wildman–Crippen MR) is 78.6 cm³/mol. The lowest BCUT2D eigenvalue weighted by molar-refractivity contribution is -0.137. The van der Waals surface area contributed by atoms with E-state index in [1.165, 1.54) is 0 Å². The van der Waals surface area contributed by atoms with Crippen LogP contribution in [0.3, 0.4) is 0 Å². The minimum atomic E-state index is -0.839. The summed E-state index contributed by atoms with van der Waals surface area (Å²) in [5.41, 5.74) is 8.09. The summed E-state index contributed by atoms with van der Waals surface area (Å²) in [4.78, 5) is 10.6. The summed E-state index contributed by atoms with van der Waals surface area (Å²) >= 11 is 3.48. The molecule has 4 nitrogen and oxygen atoms in total. The molecular formula is C14H20BrNO3. The molecule has 0 radical (unpaired) electrons. The van der Waals surface area contributed by atoms with Gasteiger partial charge in [-0.05, 0) is 39.9 Å². The molecule has 1 unspecified atom stereocenters. The first kappa shape index (κ1) is 16.0. The van der Waals surface area contributed by atoms with Gasteiger partial charge < -0.3 is 15.6 Å². The molecule has 0 saturated heterocycles. The molecule has 0 bridgehead atoms. The van der Waals surface area contributed by atoms with Gasteiger partial charge >= 0.3 is 5.97 Å². The van der Waals surface area contributed by atoms with E-state index in [1.807, 2.05) is 12.1 Å². The molecule has 0 spiro atoms. The summed E-state index contributed by atoms with van der Waals surface area (Å²) in [5.74, 6) is 0.211. The molecule has 0 aliphatic heterocycles. The van der Waals surface area contributed by atoms with Crippen molar-refractivity contribution in [1.82, 2.24) is 0 Å². The highest BCUT2D eigenvalue weighted by molar-refractivity contribution is 9.10. The Morgan fingerprint density at radius 1 is 1.47 bits per heavy atom. The number of rotatable bonds is 6. The smallest absolute Gasteiger partial charge is 0.303 e. The highest BCUT2D eigenvalue weighted by atomic mass is 79.9. The van der Waals surface area contributed by atoms with Crippen LogP contribution >= 0.6 is 15.9 Å². The SMILES string of the molecule is COc1c(Br)cc(C(C)C)cc1C(N)CCC(=O)O. The van der Waals surface area contributed by atoms with E-state index in [-0.39, 0.29) is 12.5 Å². The topological polar surface area (TPSA) is 72.5 Å². The molecule has 0 amide bonds. The number of ether oxygens (including phenoxy) is 1. The summed E-state index contributed by atoms with van der Waals surface area (Å²) in [6.45, 7) is 4.20. The average Bonchev–Trinajstić information content (AvgIpc) is 2.34. The normalized spacial score (nSPS) is 12.5. The molecule has 1 rings (SSSR count). The van der Waals surface area contributed by atoms with Crippen LogP contribution in [-0.2, 0) is 4.79 Å². The van der Waals surface area contributed by atoms with Crippen LogP contribution in [0.15, 0.2) is 16.6 Å². The number of carbonyl (C=O) groups is 1. The molecule has 106 valence electrons. The van der Waals surface area contributed by atoms with Crippen molar-refractivity contribution in [3.8, 4) is 5.75 Å². The highest BCUT2D eigenvalue weighted by Crippen LogP contribution is 2.36. The Morgan fingerprint density at radius 2 is 2.11 bits per heavy atom. The number of halogens is 1. The lowest BCUT2D eigenvalue weighted by Crippen LogP contribution is -2.14.